The Morgan fingerprint density at radius 1 is 1.20 bits per heavy atom. The number of methoxy groups -OCH3 is 1. The molecule has 0 unspecified atom stereocenters. The van der Waals surface area contributed by atoms with Gasteiger partial charge in [0.2, 0.25) is 0 Å². The van der Waals surface area contributed by atoms with Crippen molar-refractivity contribution >= 4 is 16.7 Å². The van der Waals surface area contributed by atoms with Crippen LogP contribution in [0.3, 0.4) is 0 Å². The quantitative estimate of drug-likeness (QED) is 0.722. The Balaban J connectivity index is 1.43. The van der Waals surface area contributed by atoms with Crippen LogP contribution < -0.4 is 4.74 Å². The number of H-pyrrole nitrogens is 1. The van der Waals surface area contributed by atoms with E-state index in [1.54, 1.807) is 7.11 Å². The third-order valence-electron chi connectivity index (χ3n) is 5.05. The molecule has 0 saturated carbocycles. The predicted molar refractivity (Wildman–Crippen MR) is 99.2 cm³/mol. The lowest BCUT2D eigenvalue weighted by molar-refractivity contribution is 0.0962. The molecule has 1 aliphatic rings. The molecule has 1 N–H and O–H groups in total. The number of aromatic nitrogens is 1. The third kappa shape index (κ3) is 3.17. The normalized spacial score (nSPS) is 14.4. The highest BCUT2D eigenvalue weighted by Gasteiger charge is 2.18. The lowest BCUT2D eigenvalue weighted by Gasteiger charge is -2.28. The molecule has 1 aliphatic heterocycles. The van der Waals surface area contributed by atoms with Crippen LogP contribution in [0.4, 0.5) is 0 Å². The molecule has 0 fully saturated rings. The van der Waals surface area contributed by atoms with Crippen LogP contribution in [0.1, 0.15) is 27.9 Å². The average molecular weight is 334 g/mol. The van der Waals surface area contributed by atoms with E-state index < -0.39 is 0 Å². The zero-order valence-corrected chi connectivity index (χ0v) is 14.4. The number of hydrogen-bond donors (Lipinski definition) is 1. The van der Waals surface area contributed by atoms with E-state index in [2.05, 4.69) is 34.1 Å². The SMILES string of the molecule is COc1ccc2c(C(=O)CCN3CCc4ccccc4C3)c[nH]c2c1. The molecule has 4 nitrogen and oxygen atoms in total. The van der Waals surface area contributed by atoms with E-state index in [1.165, 1.54) is 11.1 Å². The van der Waals surface area contributed by atoms with Gasteiger partial charge in [0.1, 0.15) is 5.75 Å². The summed E-state index contributed by atoms with van der Waals surface area (Å²) in [5.41, 5.74) is 4.54. The monoisotopic (exact) mass is 334 g/mol. The number of fused-ring (bicyclic) bond motifs is 2. The number of nitrogens with one attached hydrogen (secondary N) is 1. The molecule has 0 saturated heterocycles. The molecule has 0 bridgehead atoms. The van der Waals surface area contributed by atoms with E-state index >= 15 is 0 Å². The van der Waals surface area contributed by atoms with Crippen LogP contribution in [0.2, 0.25) is 0 Å². The van der Waals surface area contributed by atoms with Gasteiger partial charge in [-0.05, 0) is 29.7 Å². The Morgan fingerprint density at radius 3 is 2.88 bits per heavy atom. The molecule has 4 rings (SSSR count). The summed E-state index contributed by atoms with van der Waals surface area (Å²) < 4.78 is 5.24. The highest BCUT2D eigenvalue weighted by molar-refractivity contribution is 6.08. The lowest BCUT2D eigenvalue weighted by atomic mass is 9.99. The van der Waals surface area contributed by atoms with Gasteiger partial charge in [0.05, 0.1) is 7.11 Å². The number of ether oxygens (including phenoxy) is 1. The van der Waals surface area contributed by atoms with Crippen molar-refractivity contribution in [3.8, 4) is 5.75 Å². The number of benzene rings is 2. The second-order valence-corrected chi connectivity index (χ2v) is 6.58. The highest BCUT2D eigenvalue weighted by Crippen LogP contribution is 2.24. The molecule has 0 radical (unpaired) electrons. The molecular formula is C21H22N2O2. The average Bonchev–Trinajstić information content (AvgIpc) is 3.09. The summed E-state index contributed by atoms with van der Waals surface area (Å²) in [7, 11) is 1.65. The van der Waals surface area contributed by atoms with Gasteiger partial charge in [-0.25, -0.2) is 0 Å². The summed E-state index contributed by atoms with van der Waals surface area (Å²) in [6, 6.07) is 14.4. The number of carbonyl (C=O) groups is 1. The van der Waals surface area contributed by atoms with Crippen LogP contribution >= 0.6 is 0 Å². The first-order valence-electron chi connectivity index (χ1n) is 8.72. The van der Waals surface area contributed by atoms with Gasteiger partial charge >= 0.3 is 0 Å². The summed E-state index contributed by atoms with van der Waals surface area (Å²) >= 11 is 0. The molecule has 2 heterocycles. The minimum Gasteiger partial charge on any atom is -0.497 e. The fourth-order valence-corrected chi connectivity index (χ4v) is 3.60. The molecule has 3 aromatic rings. The van der Waals surface area contributed by atoms with Gasteiger partial charge in [0.15, 0.2) is 5.78 Å². The number of rotatable bonds is 5. The molecule has 2 aromatic carbocycles. The number of ketones is 1. The zero-order valence-electron chi connectivity index (χ0n) is 14.4. The highest BCUT2D eigenvalue weighted by atomic mass is 16.5. The largest absolute Gasteiger partial charge is 0.497 e. The third-order valence-corrected chi connectivity index (χ3v) is 5.05. The Bertz CT molecular complexity index is 913. The fourth-order valence-electron chi connectivity index (χ4n) is 3.60. The molecule has 0 atom stereocenters. The van der Waals surface area contributed by atoms with Crippen molar-refractivity contribution in [1.82, 2.24) is 9.88 Å². The lowest BCUT2D eigenvalue weighted by Crippen LogP contribution is -2.32. The minimum absolute atomic E-state index is 0.190. The van der Waals surface area contributed by atoms with Crippen molar-refractivity contribution in [2.75, 3.05) is 20.2 Å². The van der Waals surface area contributed by atoms with E-state index in [9.17, 15) is 4.79 Å². The van der Waals surface area contributed by atoms with Crippen LogP contribution in [0, 0.1) is 0 Å². The molecule has 128 valence electrons. The number of nitrogens with zero attached hydrogens (tertiary/aromatic N) is 1. The van der Waals surface area contributed by atoms with E-state index in [0.29, 0.717) is 6.42 Å². The maximum absolute atomic E-state index is 12.7. The number of hydrogen-bond acceptors (Lipinski definition) is 3. The van der Waals surface area contributed by atoms with E-state index in [-0.39, 0.29) is 5.78 Å². The van der Waals surface area contributed by atoms with Crippen molar-refractivity contribution in [3.05, 3.63) is 65.4 Å². The van der Waals surface area contributed by atoms with Crippen molar-refractivity contribution in [3.63, 3.8) is 0 Å². The van der Waals surface area contributed by atoms with E-state index in [4.69, 9.17) is 4.74 Å². The molecular weight excluding hydrogens is 312 g/mol. The Hall–Kier alpha value is -2.59. The second kappa shape index (κ2) is 6.73. The van der Waals surface area contributed by atoms with Crippen molar-refractivity contribution < 1.29 is 9.53 Å². The number of aromatic amines is 1. The fraction of sp³-hybridized carbons (Fsp3) is 0.286. The van der Waals surface area contributed by atoms with Gasteiger partial charge in [-0.2, -0.15) is 0 Å². The number of Topliss-reactive ketones (excluding diaryl/α,β-unsaturated/α-hetero) is 1. The molecule has 25 heavy (non-hydrogen) atoms. The van der Waals surface area contributed by atoms with Crippen LogP contribution in [-0.4, -0.2) is 35.9 Å². The summed E-state index contributed by atoms with van der Waals surface area (Å²) in [5, 5.41) is 0.967. The minimum atomic E-state index is 0.190. The molecule has 0 aliphatic carbocycles. The van der Waals surface area contributed by atoms with Crippen molar-refractivity contribution in [1.29, 1.82) is 0 Å². The Labute approximate surface area is 147 Å². The summed E-state index contributed by atoms with van der Waals surface area (Å²) in [6.45, 7) is 2.76. The Morgan fingerprint density at radius 2 is 2.04 bits per heavy atom. The first-order chi connectivity index (χ1) is 12.2. The van der Waals surface area contributed by atoms with Gasteiger partial charge in [0.25, 0.3) is 0 Å². The summed E-state index contributed by atoms with van der Waals surface area (Å²) in [4.78, 5) is 18.2. The second-order valence-electron chi connectivity index (χ2n) is 6.58. The van der Waals surface area contributed by atoms with Gasteiger partial charge in [0, 0.05) is 54.8 Å². The summed E-state index contributed by atoms with van der Waals surface area (Å²) in [6.07, 6.45) is 3.43. The molecule has 4 heteroatoms. The van der Waals surface area contributed by atoms with Gasteiger partial charge < -0.3 is 9.72 Å². The van der Waals surface area contributed by atoms with Crippen LogP contribution in [0.25, 0.3) is 10.9 Å². The first kappa shape index (κ1) is 15.9. The Kier molecular flexibility index (Phi) is 4.28. The maximum atomic E-state index is 12.7. The molecule has 1 aromatic heterocycles. The predicted octanol–water partition coefficient (Wildman–Crippen LogP) is 3.81. The first-order valence-corrected chi connectivity index (χ1v) is 8.72. The van der Waals surface area contributed by atoms with E-state index in [0.717, 1.165) is 48.3 Å². The molecule has 0 spiro atoms. The van der Waals surface area contributed by atoms with Gasteiger partial charge in [-0.15, -0.1) is 0 Å². The van der Waals surface area contributed by atoms with Crippen LogP contribution in [-0.2, 0) is 13.0 Å². The van der Waals surface area contributed by atoms with Crippen LogP contribution in [0.15, 0.2) is 48.7 Å². The summed E-state index contributed by atoms with van der Waals surface area (Å²) in [5.74, 6) is 0.982. The standard InChI is InChI=1S/C21H22N2O2/c1-25-17-6-7-18-19(13-22-20(18)12-17)21(24)9-11-23-10-8-15-4-2-3-5-16(15)14-23/h2-7,12-13,22H,8-11,14H2,1H3. The van der Waals surface area contributed by atoms with Gasteiger partial charge in [-0.1, -0.05) is 24.3 Å². The zero-order chi connectivity index (χ0) is 17.2. The number of carbonyl (C=O) groups excluding carboxylic acids is 1. The maximum Gasteiger partial charge on any atom is 0.166 e. The van der Waals surface area contributed by atoms with Crippen molar-refractivity contribution in [2.45, 2.75) is 19.4 Å². The smallest absolute Gasteiger partial charge is 0.166 e. The van der Waals surface area contributed by atoms with E-state index in [1.807, 2.05) is 24.4 Å². The molecule has 0 amide bonds. The van der Waals surface area contributed by atoms with Crippen molar-refractivity contribution in [2.24, 2.45) is 0 Å². The van der Waals surface area contributed by atoms with Gasteiger partial charge in [-0.3, -0.25) is 9.69 Å². The topological polar surface area (TPSA) is 45.3 Å². The van der Waals surface area contributed by atoms with Crippen LogP contribution in [0.5, 0.6) is 5.75 Å².